The molecule has 3 N–H and O–H groups in total. The molecule has 0 saturated carbocycles. The first kappa shape index (κ1) is 8.82. The van der Waals surface area contributed by atoms with Gasteiger partial charge in [-0.25, -0.2) is 0 Å². The topological polar surface area (TPSA) is 69.1 Å². The van der Waals surface area contributed by atoms with Crippen LogP contribution in [-0.2, 0) is 10.3 Å². The van der Waals surface area contributed by atoms with Crippen LogP contribution in [0, 0.1) is 0 Å². The van der Waals surface area contributed by atoms with Crippen LogP contribution in [0.1, 0.15) is 0 Å². The Morgan fingerprint density at radius 2 is 1.40 bits per heavy atom. The van der Waals surface area contributed by atoms with Crippen molar-refractivity contribution in [2.75, 3.05) is 0 Å². The van der Waals surface area contributed by atoms with E-state index in [1.165, 1.54) is 0 Å². The Morgan fingerprint density at radius 3 is 1.40 bits per heavy atom. The average molecular weight is 95.1 g/mol. The zero-order valence-corrected chi connectivity index (χ0v) is 3.46. The van der Waals surface area contributed by atoms with Crippen LogP contribution in [-0.4, -0.2) is 14.3 Å². The molecule has 0 fully saturated rings. The van der Waals surface area contributed by atoms with Crippen LogP contribution in [0.25, 0.3) is 0 Å². The summed E-state index contributed by atoms with van der Waals surface area (Å²) < 4.78 is 17.8. The van der Waals surface area contributed by atoms with E-state index in [1.807, 2.05) is 0 Å². The molecular weight excluding hydrogens is 90.1 g/mol. The largest absolute Gasteiger partial charge is 0.344 e. The number of hydrogen-bond donors (Lipinski definition) is 1. The Balaban J connectivity index is 0. The molecule has 5 heavy (non-hydrogen) atoms. The maximum atomic E-state index is 8.89. The molecule has 0 saturated heterocycles. The van der Waals surface area contributed by atoms with Gasteiger partial charge in [0.05, 0.1) is 0 Å². The van der Waals surface area contributed by atoms with Crippen molar-refractivity contribution < 1.29 is 8.42 Å². The highest BCUT2D eigenvalue weighted by atomic mass is 32.2. The summed E-state index contributed by atoms with van der Waals surface area (Å²) in [5.41, 5.74) is 0. The maximum Gasteiger partial charge on any atom is 0.206 e. The van der Waals surface area contributed by atoms with Crippen LogP contribution in [0.2, 0.25) is 0 Å². The van der Waals surface area contributed by atoms with Gasteiger partial charge in [0.15, 0.2) is 0 Å². The molecule has 4 heteroatoms. The van der Waals surface area contributed by atoms with Gasteiger partial charge in [0, 0.05) is 5.87 Å². The first-order valence-corrected chi connectivity index (χ1v) is 1.87. The van der Waals surface area contributed by atoms with Crippen molar-refractivity contribution in [1.82, 2.24) is 6.15 Å². The van der Waals surface area contributed by atoms with E-state index in [1.54, 1.807) is 0 Å². The lowest BCUT2D eigenvalue weighted by molar-refractivity contribution is 0.627. The summed E-state index contributed by atoms with van der Waals surface area (Å²) in [7, 11) is -2.11. The Kier molecular flexibility index (Phi) is 6.44. The van der Waals surface area contributed by atoms with Gasteiger partial charge in [0.1, 0.15) is 0 Å². The summed E-state index contributed by atoms with van der Waals surface area (Å²) in [6.07, 6.45) is 0. The second kappa shape index (κ2) is 3.65. The van der Waals surface area contributed by atoms with Gasteiger partial charge in [-0.2, -0.15) is 8.42 Å². The Morgan fingerprint density at radius 1 is 1.40 bits per heavy atom. The molecule has 0 bridgehead atoms. The highest BCUT2D eigenvalue weighted by molar-refractivity contribution is 7.70. The first-order valence-electron chi connectivity index (χ1n) is 0.622. The van der Waals surface area contributed by atoms with E-state index in [-0.39, 0.29) is 6.15 Å². The van der Waals surface area contributed by atoms with Gasteiger partial charge in [-0.05, 0) is 0 Å². The minimum absolute atomic E-state index is 0. The summed E-state index contributed by atoms with van der Waals surface area (Å²) >= 11 is 0. The van der Waals surface area contributed by atoms with Gasteiger partial charge in [-0.3, -0.25) is 0 Å². The molecule has 0 atom stereocenters. The predicted octanol–water partition coefficient (Wildman–Crippen LogP) is -0.541. The van der Waals surface area contributed by atoms with Gasteiger partial charge in [-0.15, -0.1) is 0 Å². The van der Waals surface area contributed by atoms with Gasteiger partial charge >= 0.3 is 0 Å². The third-order valence-corrected chi connectivity index (χ3v) is 0. The molecule has 0 aromatic carbocycles. The highest BCUT2D eigenvalue weighted by Gasteiger charge is 1.28. The summed E-state index contributed by atoms with van der Waals surface area (Å²) in [5, 5.41) is 0. The standard InChI is InChI=1S/CH2O2S.H3N/c1-4(2)3;/h1H2;1H3. The van der Waals surface area contributed by atoms with E-state index in [0.717, 1.165) is 0 Å². The normalized spacial score (nSPS) is 4.80. The summed E-state index contributed by atoms with van der Waals surface area (Å²) in [6, 6.07) is 0. The fourth-order valence-electron chi connectivity index (χ4n) is 0. The molecule has 0 aliphatic heterocycles. The zero-order chi connectivity index (χ0) is 3.58. The average Bonchev–Trinajstić information content (AvgIpc) is 0.811. The molecule has 0 amide bonds. The van der Waals surface area contributed by atoms with E-state index in [0.29, 0.717) is 0 Å². The lowest BCUT2D eigenvalue weighted by atomic mass is 12.0. The Labute approximate surface area is 31.7 Å². The van der Waals surface area contributed by atoms with Crippen molar-refractivity contribution in [3.8, 4) is 0 Å². The molecule has 0 rings (SSSR count). The molecule has 0 spiro atoms. The van der Waals surface area contributed by atoms with Crippen molar-refractivity contribution >= 4 is 16.2 Å². The van der Waals surface area contributed by atoms with Crippen LogP contribution in [0.4, 0.5) is 0 Å². The van der Waals surface area contributed by atoms with Crippen molar-refractivity contribution in [2.45, 2.75) is 0 Å². The van der Waals surface area contributed by atoms with Gasteiger partial charge in [0.2, 0.25) is 10.3 Å². The van der Waals surface area contributed by atoms with Crippen LogP contribution in [0.3, 0.4) is 0 Å². The van der Waals surface area contributed by atoms with Crippen LogP contribution in [0.15, 0.2) is 0 Å². The van der Waals surface area contributed by atoms with E-state index in [9.17, 15) is 0 Å². The van der Waals surface area contributed by atoms with E-state index < -0.39 is 10.3 Å². The minimum atomic E-state index is -2.11. The second-order valence-corrected chi connectivity index (χ2v) is 0.911. The Hall–Kier alpha value is -0.350. The lowest BCUT2D eigenvalue weighted by Gasteiger charge is -1.19. The van der Waals surface area contributed by atoms with Crippen molar-refractivity contribution in [3.63, 3.8) is 0 Å². The third kappa shape index (κ3) is 81.1. The molecule has 0 aromatic rings. The van der Waals surface area contributed by atoms with Gasteiger partial charge in [-0.1, -0.05) is 0 Å². The predicted molar refractivity (Wildman–Crippen MR) is 21.1 cm³/mol. The lowest BCUT2D eigenvalue weighted by Crippen LogP contribution is -1.39. The van der Waals surface area contributed by atoms with Crippen LogP contribution < -0.4 is 6.15 Å². The minimum Gasteiger partial charge on any atom is -0.344 e. The number of hydrogen-bond acceptors (Lipinski definition) is 3. The smallest absolute Gasteiger partial charge is 0.206 e. The molecule has 0 radical (unpaired) electrons. The van der Waals surface area contributed by atoms with E-state index in [4.69, 9.17) is 8.42 Å². The van der Waals surface area contributed by atoms with Gasteiger partial charge in [0.25, 0.3) is 0 Å². The van der Waals surface area contributed by atoms with E-state index >= 15 is 0 Å². The molecule has 0 aromatic heterocycles. The summed E-state index contributed by atoms with van der Waals surface area (Å²) in [4.78, 5) is 0. The molecule has 0 heterocycles. The highest BCUT2D eigenvalue weighted by Crippen LogP contribution is 1.08. The first-order chi connectivity index (χ1) is 1.73. The Bertz CT molecular complexity index is 79.0. The zero-order valence-electron chi connectivity index (χ0n) is 2.64. The van der Waals surface area contributed by atoms with Crippen LogP contribution in [0.5, 0.6) is 0 Å². The summed E-state index contributed by atoms with van der Waals surface area (Å²) in [5.74, 6) is 2.56. The number of rotatable bonds is 0. The van der Waals surface area contributed by atoms with E-state index in [2.05, 4.69) is 5.87 Å². The third-order valence-electron chi connectivity index (χ3n) is 0. The fraction of sp³-hybridized carbons (Fsp3) is 0. The molecular formula is CH5NO2S. The molecule has 0 unspecified atom stereocenters. The molecule has 3 nitrogen and oxygen atoms in total. The maximum absolute atomic E-state index is 8.89. The van der Waals surface area contributed by atoms with Crippen molar-refractivity contribution in [2.24, 2.45) is 0 Å². The summed E-state index contributed by atoms with van der Waals surface area (Å²) in [6.45, 7) is 0. The van der Waals surface area contributed by atoms with Crippen molar-refractivity contribution in [1.29, 1.82) is 0 Å². The SMILES string of the molecule is C=S(=O)=O.N. The monoisotopic (exact) mass is 95.0 g/mol. The molecule has 0 aliphatic carbocycles. The molecule has 0 aliphatic rings. The second-order valence-electron chi connectivity index (χ2n) is 0.304. The van der Waals surface area contributed by atoms with Crippen molar-refractivity contribution in [3.05, 3.63) is 0 Å². The van der Waals surface area contributed by atoms with Crippen LogP contribution >= 0.6 is 0 Å². The van der Waals surface area contributed by atoms with Gasteiger partial charge < -0.3 is 6.15 Å². The fourth-order valence-corrected chi connectivity index (χ4v) is 0. The quantitative estimate of drug-likeness (QED) is 0.411. The molecule has 32 valence electrons.